The SMILES string of the molecule is Nc1cc(-c2ccc3c(c2Cl)OCCCO3)no1. The maximum absolute atomic E-state index is 6.32. The summed E-state index contributed by atoms with van der Waals surface area (Å²) in [6.07, 6.45) is 0.831. The van der Waals surface area contributed by atoms with Crippen LogP contribution in [0, 0.1) is 0 Å². The number of ether oxygens (including phenoxy) is 2. The van der Waals surface area contributed by atoms with Crippen molar-refractivity contribution in [2.24, 2.45) is 0 Å². The number of hydrogen-bond acceptors (Lipinski definition) is 5. The number of benzene rings is 1. The van der Waals surface area contributed by atoms with Gasteiger partial charge in [0.15, 0.2) is 11.5 Å². The van der Waals surface area contributed by atoms with Crippen LogP contribution in [0.3, 0.4) is 0 Å². The summed E-state index contributed by atoms with van der Waals surface area (Å²) < 4.78 is 16.0. The van der Waals surface area contributed by atoms with E-state index in [-0.39, 0.29) is 5.88 Å². The van der Waals surface area contributed by atoms with Crippen molar-refractivity contribution in [1.29, 1.82) is 0 Å². The minimum absolute atomic E-state index is 0.244. The summed E-state index contributed by atoms with van der Waals surface area (Å²) in [6, 6.07) is 5.24. The summed E-state index contributed by atoms with van der Waals surface area (Å²) in [6.45, 7) is 1.21. The second-order valence-corrected chi connectivity index (χ2v) is 4.30. The third-order valence-corrected chi connectivity index (χ3v) is 3.03. The molecule has 1 aliphatic heterocycles. The molecule has 3 rings (SSSR count). The van der Waals surface area contributed by atoms with Crippen LogP contribution in [0.1, 0.15) is 6.42 Å². The maximum Gasteiger partial charge on any atom is 0.222 e. The number of aromatic nitrogens is 1. The molecular formula is C12H11ClN2O3. The van der Waals surface area contributed by atoms with Gasteiger partial charge in [0.1, 0.15) is 5.69 Å². The Morgan fingerprint density at radius 1 is 1.22 bits per heavy atom. The van der Waals surface area contributed by atoms with Crippen molar-refractivity contribution in [3.05, 3.63) is 23.2 Å². The van der Waals surface area contributed by atoms with Gasteiger partial charge in [0.2, 0.25) is 5.88 Å². The molecule has 94 valence electrons. The van der Waals surface area contributed by atoms with E-state index in [0.29, 0.717) is 41.0 Å². The largest absolute Gasteiger partial charge is 0.490 e. The zero-order valence-electron chi connectivity index (χ0n) is 9.48. The highest BCUT2D eigenvalue weighted by Crippen LogP contribution is 2.42. The van der Waals surface area contributed by atoms with Gasteiger partial charge >= 0.3 is 0 Å². The minimum Gasteiger partial charge on any atom is -0.490 e. The molecular weight excluding hydrogens is 256 g/mol. The monoisotopic (exact) mass is 266 g/mol. The van der Waals surface area contributed by atoms with Crippen LogP contribution in [0.2, 0.25) is 5.02 Å². The van der Waals surface area contributed by atoms with E-state index in [9.17, 15) is 0 Å². The topological polar surface area (TPSA) is 70.5 Å². The van der Waals surface area contributed by atoms with Crippen molar-refractivity contribution < 1.29 is 14.0 Å². The molecule has 0 radical (unpaired) electrons. The molecule has 1 aromatic carbocycles. The number of nitrogen functional groups attached to an aromatic ring is 1. The molecule has 6 heteroatoms. The fourth-order valence-electron chi connectivity index (χ4n) is 1.82. The number of nitrogens with zero attached hydrogens (tertiary/aromatic N) is 1. The van der Waals surface area contributed by atoms with Crippen LogP contribution in [0.4, 0.5) is 5.88 Å². The first kappa shape index (κ1) is 11.2. The first-order valence-corrected chi connectivity index (χ1v) is 5.94. The molecule has 0 amide bonds. The van der Waals surface area contributed by atoms with Gasteiger partial charge in [0.05, 0.1) is 18.2 Å². The Balaban J connectivity index is 2.09. The third-order valence-electron chi connectivity index (χ3n) is 2.66. The quantitative estimate of drug-likeness (QED) is 0.859. The van der Waals surface area contributed by atoms with Crippen LogP contribution >= 0.6 is 11.6 Å². The molecule has 0 spiro atoms. The average molecular weight is 267 g/mol. The van der Waals surface area contributed by atoms with Crippen LogP contribution in [-0.4, -0.2) is 18.4 Å². The maximum atomic E-state index is 6.32. The number of anilines is 1. The van der Waals surface area contributed by atoms with Gasteiger partial charge < -0.3 is 19.7 Å². The fraction of sp³-hybridized carbons (Fsp3) is 0.250. The van der Waals surface area contributed by atoms with Crippen LogP contribution < -0.4 is 15.2 Å². The zero-order valence-corrected chi connectivity index (χ0v) is 10.2. The smallest absolute Gasteiger partial charge is 0.222 e. The molecule has 0 fully saturated rings. The van der Waals surface area contributed by atoms with Gasteiger partial charge in [-0.2, -0.15) is 0 Å². The van der Waals surface area contributed by atoms with Gasteiger partial charge in [0.25, 0.3) is 0 Å². The molecule has 0 saturated heterocycles. The number of rotatable bonds is 1. The van der Waals surface area contributed by atoms with Gasteiger partial charge in [-0.1, -0.05) is 16.8 Å². The highest BCUT2D eigenvalue weighted by Gasteiger charge is 2.19. The molecule has 18 heavy (non-hydrogen) atoms. The Morgan fingerprint density at radius 3 is 2.83 bits per heavy atom. The van der Waals surface area contributed by atoms with E-state index >= 15 is 0 Å². The van der Waals surface area contributed by atoms with Crippen molar-refractivity contribution in [2.45, 2.75) is 6.42 Å². The van der Waals surface area contributed by atoms with Crippen molar-refractivity contribution in [3.8, 4) is 22.8 Å². The Hall–Kier alpha value is -1.88. The molecule has 1 aromatic heterocycles. The van der Waals surface area contributed by atoms with E-state index in [4.69, 9.17) is 31.3 Å². The first-order chi connectivity index (χ1) is 8.75. The summed E-state index contributed by atoms with van der Waals surface area (Å²) in [5.41, 5.74) is 6.79. The molecule has 0 bridgehead atoms. The van der Waals surface area contributed by atoms with Crippen molar-refractivity contribution in [1.82, 2.24) is 5.16 Å². The summed E-state index contributed by atoms with van der Waals surface area (Å²) in [5, 5.41) is 4.30. The highest BCUT2D eigenvalue weighted by molar-refractivity contribution is 6.35. The average Bonchev–Trinajstić information content (AvgIpc) is 2.65. The molecule has 5 nitrogen and oxygen atoms in total. The predicted molar refractivity (Wildman–Crippen MR) is 67.0 cm³/mol. The first-order valence-electron chi connectivity index (χ1n) is 5.56. The molecule has 0 aliphatic carbocycles. The standard InChI is InChI=1S/C12H11ClN2O3/c13-11-7(8-6-10(14)18-15-8)2-3-9-12(11)17-5-1-4-16-9/h2-3,6H,1,4-5,14H2. The molecule has 0 saturated carbocycles. The van der Waals surface area contributed by atoms with E-state index in [1.165, 1.54) is 0 Å². The molecule has 2 N–H and O–H groups in total. The second-order valence-electron chi connectivity index (χ2n) is 3.92. The number of nitrogens with two attached hydrogens (primary N) is 1. The molecule has 2 heterocycles. The fourth-order valence-corrected chi connectivity index (χ4v) is 2.12. The predicted octanol–water partition coefficient (Wildman–Crippen LogP) is 2.74. The summed E-state index contributed by atoms with van der Waals surface area (Å²) >= 11 is 6.32. The third kappa shape index (κ3) is 1.86. The van der Waals surface area contributed by atoms with Crippen molar-refractivity contribution in [2.75, 3.05) is 18.9 Å². The van der Waals surface area contributed by atoms with Crippen molar-refractivity contribution >= 4 is 17.5 Å². The second kappa shape index (κ2) is 4.42. The van der Waals surface area contributed by atoms with Crippen LogP contribution in [0.15, 0.2) is 22.7 Å². The summed E-state index contributed by atoms with van der Waals surface area (Å²) in [7, 11) is 0. The zero-order chi connectivity index (χ0) is 12.5. The molecule has 2 aromatic rings. The Morgan fingerprint density at radius 2 is 2.06 bits per heavy atom. The summed E-state index contributed by atoms with van der Waals surface area (Å²) in [4.78, 5) is 0. The van der Waals surface area contributed by atoms with Crippen LogP contribution in [0.25, 0.3) is 11.3 Å². The Labute approximate surface area is 108 Å². The van der Waals surface area contributed by atoms with E-state index in [1.54, 1.807) is 6.07 Å². The molecule has 0 atom stereocenters. The van der Waals surface area contributed by atoms with E-state index in [0.717, 1.165) is 6.42 Å². The van der Waals surface area contributed by atoms with E-state index in [1.807, 2.05) is 12.1 Å². The van der Waals surface area contributed by atoms with Gasteiger partial charge in [-0.15, -0.1) is 0 Å². The minimum atomic E-state index is 0.244. The lowest BCUT2D eigenvalue weighted by atomic mass is 10.1. The van der Waals surface area contributed by atoms with Gasteiger partial charge in [0, 0.05) is 18.1 Å². The van der Waals surface area contributed by atoms with Gasteiger partial charge in [-0.3, -0.25) is 0 Å². The molecule has 0 unspecified atom stereocenters. The number of fused-ring (bicyclic) bond motifs is 1. The lowest BCUT2D eigenvalue weighted by Gasteiger charge is -2.10. The van der Waals surface area contributed by atoms with Gasteiger partial charge in [-0.05, 0) is 12.1 Å². The van der Waals surface area contributed by atoms with Gasteiger partial charge in [-0.25, -0.2) is 0 Å². The van der Waals surface area contributed by atoms with Crippen LogP contribution in [0.5, 0.6) is 11.5 Å². The summed E-state index contributed by atoms with van der Waals surface area (Å²) in [5.74, 6) is 1.44. The highest BCUT2D eigenvalue weighted by atomic mass is 35.5. The Kier molecular flexibility index (Phi) is 2.76. The normalized spacial score (nSPS) is 14.3. The van der Waals surface area contributed by atoms with Crippen molar-refractivity contribution in [3.63, 3.8) is 0 Å². The van der Waals surface area contributed by atoms with E-state index in [2.05, 4.69) is 5.16 Å². The number of hydrogen-bond donors (Lipinski definition) is 1. The molecule has 1 aliphatic rings. The Bertz CT molecular complexity index is 583. The number of halogens is 1. The van der Waals surface area contributed by atoms with Crippen LogP contribution in [-0.2, 0) is 0 Å². The lowest BCUT2D eigenvalue weighted by molar-refractivity contribution is 0.297. The van der Waals surface area contributed by atoms with E-state index < -0.39 is 0 Å². The lowest BCUT2D eigenvalue weighted by Crippen LogP contribution is -1.97.